The van der Waals surface area contributed by atoms with Crippen LogP contribution in [0.1, 0.15) is 27.8 Å². The van der Waals surface area contributed by atoms with E-state index in [0.717, 1.165) is 44.3 Å². The Balaban J connectivity index is 0.0000001000. The zero-order valence-electron chi connectivity index (χ0n) is 69.3. The van der Waals surface area contributed by atoms with Gasteiger partial charge in [-0.05, 0) is 161 Å². The van der Waals surface area contributed by atoms with E-state index in [9.17, 15) is 0 Å². The first-order valence-electron chi connectivity index (χ1n) is 42.0. The molecule has 24 aromatic rings. The van der Waals surface area contributed by atoms with Crippen molar-refractivity contribution < 1.29 is 0 Å². The standard InChI is InChI=1S/2C28H20N4.3C19H15N/c1-19-16-17-25-23(18-19)22-14-8-9-15-24(22)32(25)28-30-26(20-10-4-2-5-11-20)29-27(31-28)21-12-6-3-7-13-21;1-19-16-17-23-22-14-8-9-15-24(22)32(25(23)18-19)28-30-26(20-10-4-2-5-11-20)29-27(31-28)21-12-6-3-7-13-21;1-14-8-7-13-18-19(14)16-11-5-6-12-17(16)20(18)15-9-3-2-4-10-15;1-14-11-12-19-17(13-14)16-9-5-6-10-18(16)20(19)15-7-3-2-4-8-15;1-14-11-12-17-16-9-5-6-10-18(16)20(19(17)13-14)15-7-3-2-4-8-15/h2*2-18H,1H3;3*2-13H,1H3. The Morgan fingerprint density at radius 3 is 0.782 bits per heavy atom. The van der Waals surface area contributed by atoms with Crippen molar-refractivity contribution in [3.05, 3.63) is 452 Å². The molecule has 0 radical (unpaired) electrons. The number of aromatic nitrogens is 11. The Hall–Kier alpha value is -16.2. The summed E-state index contributed by atoms with van der Waals surface area (Å²) >= 11 is 0. The van der Waals surface area contributed by atoms with Crippen molar-refractivity contribution in [1.29, 1.82) is 0 Å². The molecule has 0 N–H and O–H groups in total. The van der Waals surface area contributed by atoms with E-state index in [2.05, 4.69) is 361 Å². The summed E-state index contributed by atoms with van der Waals surface area (Å²) in [6.45, 7) is 10.7. The first-order chi connectivity index (χ1) is 61.1. The van der Waals surface area contributed by atoms with Gasteiger partial charge in [0.1, 0.15) is 0 Å². The van der Waals surface area contributed by atoms with Gasteiger partial charge in [0, 0.05) is 93.2 Å². The molecule has 17 aromatic carbocycles. The fourth-order valence-corrected chi connectivity index (χ4v) is 17.3. The fourth-order valence-electron chi connectivity index (χ4n) is 17.3. The highest BCUT2D eigenvalue weighted by Gasteiger charge is 2.22. The highest BCUT2D eigenvalue weighted by Crippen LogP contribution is 2.40. The maximum Gasteiger partial charge on any atom is 0.238 e. The lowest BCUT2D eigenvalue weighted by Gasteiger charge is -2.11. The molecular formula is C113H85N11. The Kier molecular flexibility index (Phi) is 20.7. The Bertz CT molecular complexity index is 7840. The fraction of sp³-hybridized carbons (Fsp3) is 0.0442. The molecule has 592 valence electrons. The number of nitrogens with zero attached hydrogens (tertiary/aromatic N) is 11. The van der Waals surface area contributed by atoms with Crippen molar-refractivity contribution >= 4 is 109 Å². The van der Waals surface area contributed by atoms with Crippen LogP contribution in [0.5, 0.6) is 0 Å². The summed E-state index contributed by atoms with van der Waals surface area (Å²) in [5.74, 6) is 3.88. The SMILES string of the molecule is Cc1ccc2c(c1)c1ccccc1n2-c1ccccc1.Cc1ccc2c(c1)c1ccccc1n2-c1nc(-c2ccccc2)nc(-c2ccccc2)n1.Cc1ccc2c3ccccc3n(-c3ccccc3)c2c1.Cc1ccc2c3ccccc3n(-c3nc(-c4ccccc4)nc(-c4ccccc4)n3)c2c1.Cc1cccc2c1c1ccccc1n2-c1ccccc1. The molecular weight excluding hydrogens is 1510 g/mol. The number of fused-ring (bicyclic) bond motifs is 15. The molecule has 0 aliphatic rings. The number of rotatable bonds is 9. The summed E-state index contributed by atoms with van der Waals surface area (Å²) in [6.07, 6.45) is 0. The van der Waals surface area contributed by atoms with E-state index in [1.165, 1.54) is 132 Å². The van der Waals surface area contributed by atoms with E-state index >= 15 is 0 Å². The highest BCUT2D eigenvalue weighted by molar-refractivity contribution is 6.14. The molecule has 0 aliphatic heterocycles. The number of hydrogen-bond acceptors (Lipinski definition) is 6. The van der Waals surface area contributed by atoms with Crippen LogP contribution < -0.4 is 0 Å². The first-order valence-corrected chi connectivity index (χ1v) is 42.0. The Morgan fingerprint density at radius 2 is 0.403 bits per heavy atom. The maximum atomic E-state index is 4.94. The monoisotopic (exact) mass is 1600 g/mol. The van der Waals surface area contributed by atoms with Crippen LogP contribution in [0.25, 0.3) is 184 Å². The van der Waals surface area contributed by atoms with Crippen LogP contribution in [-0.2, 0) is 0 Å². The van der Waals surface area contributed by atoms with Crippen LogP contribution in [-0.4, -0.2) is 52.7 Å². The molecule has 24 rings (SSSR count). The predicted molar refractivity (Wildman–Crippen MR) is 516 cm³/mol. The zero-order valence-corrected chi connectivity index (χ0v) is 69.3. The summed E-state index contributed by atoms with van der Waals surface area (Å²) in [7, 11) is 0. The van der Waals surface area contributed by atoms with Crippen molar-refractivity contribution in [2.75, 3.05) is 0 Å². The molecule has 0 aliphatic carbocycles. The molecule has 7 heterocycles. The van der Waals surface area contributed by atoms with Crippen molar-refractivity contribution in [2.24, 2.45) is 0 Å². The second-order valence-corrected chi connectivity index (χ2v) is 31.4. The highest BCUT2D eigenvalue weighted by atomic mass is 15.2. The lowest BCUT2D eigenvalue weighted by atomic mass is 10.1. The second-order valence-electron chi connectivity index (χ2n) is 31.4. The summed E-state index contributed by atoms with van der Waals surface area (Å²) in [4.78, 5) is 29.4. The van der Waals surface area contributed by atoms with E-state index in [1.807, 2.05) is 121 Å². The predicted octanol–water partition coefficient (Wildman–Crippen LogP) is 28.5. The lowest BCUT2D eigenvalue weighted by Crippen LogP contribution is -2.06. The van der Waals surface area contributed by atoms with E-state index in [1.54, 1.807) is 0 Å². The molecule has 0 saturated heterocycles. The van der Waals surface area contributed by atoms with Gasteiger partial charge in [-0.2, -0.15) is 19.9 Å². The minimum atomic E-state index is 0.618. The smallest absolute Gasteiger partial charge is 0.238 e. The largest absolute Gasteiger partial charge is 0.309 e. The average molecular weight is 1600 g/mol. The zero-order chi connectivity index (χ0) is 83.6. The number of para-hydroxylation sites is 8. The minimum Gasteiger partial charge on any atom is -0.309 e. The number of benzene rings is 17. The molecule has 11 heteroatoms. The third-order valence-corrected chi connectivity index (χ3v) is 23.0. The molecule has 0 atom stereocenters. The van der Waals surface area contributed by atoms with E-state index in [-0.39, 0.29) is 0 Å². The van der Waals surface area contributed by atoms with Crippen molar-refractivity contribution in [1.82, 2.24) is 52.7 Å². The van der Waals surface area contributed by atoms with Crippen LogP contribution in [0.15, 0.2) is 425 Å². The van der Waals surface area contributed by atoms with E-state index < -0.39 is 0 Å². The Morgan fingerprint density at radius 1 is 0.161 bits per heavy atom. The maximum absolute atomic E-state index is 4.94. The third kappa shape index (κ3) is 14.7. The molecule has 0 saturated carbocycles. The molecule has 0 bridgehead atoms. The van der Waals surface area contributed by atoms with Crippen LogP contribution in [0.3, 0.4) is 0 Å². The summed E-state index contributed by atoms with van der Waals surface area (Å²) < 4.78 is 11.3. The van der Waals surface area contributed by atoms with Gasteiger partial charge in [-0.25, -0.2) is 9.97 Å². The summed E-state index contributed by atoms with van der Waals surface area (Å²) in [5, 5.41) is 12.7. The lowest BCUT2D eigenvalue weighted by molar-refractivity contribution is 0.953. The molecule has 0 amide bonds. The second kappa shape index (κ2) is 33.5. The average Bonchev–Trinajstić information content (AvgIpc) is 1.61. The van der Waals surface area contributed by atoms with Gasteiger partial charge in [0.25, 0.3) is 0 Å². The van der Waals surface area contributed by atoms with Crippen LogP contribution in [0.4, 0.5) is 0 Å². The van der Waals surface area contributed by atoms with Gasteiger partial charge < -0.3 is 13.7 Å². The van der Waals surface area contributed by atoms with Crippen molar-refractivity contribution in [3.63, 3.8) is 0 Å². The Labute approximate surface area is 718 Å². The van der Waals surface area contributed by atoms with Gasteiger partial charge in [0.05, 0.1) is 55.2 Å². The summed E-state index contributed by atoms with van der Waals surface area (Å²) in [6, 6.07) is 148. The topological polar surface area (TPSA) is 102 Å². The van der Waals surface area contributed by atoms with Crippen LogP contribution in [0.2, 0.25) is 0 Å². The summed E-state index contributed by atoms with van der Waals surface area (Å²) in [5.41, 5.74) is 25.8. The molecule has 124 heavy (non-hydrogen) atoms. The van der Waals surface area contributed by atoms with E-state index in [4.69, 9.17) is 29.9 Å². The van der Waals surface area contributed by atoms with E-state index in [0.29, 0.717) is 35.2 Å². The van der Waals surface area contributed by atoms with Gasteiger partial charge in [-0.3, -0.25) is 9.13 Å². The number of hydrogen-bond donors (Lipinski definition) is 0. The van der Waals surface area contributed by atoms with Crippen LogP contribution >= 0.6 is 0 Å². The normalized spacial score (nSPS) is 11.3. The van der Waals surface area contributed by atoms with Gasteiger partial charge in [0.15, 0.2) is 23.3 Å². The molecule has 0 fully saturated rings. The van der Waals surface area contributed by atoms with Crippen molar-refractivity contribution in [2.45, 2.75) is 34.6 Å². The quantitative estimate of drug-likeness (QED) is 0.143. The number of aryl methyl sites for hydroxylation is 5. The first kappa shape index (κ1) is 76.4. The van der Waals surface area contributed by atoms with Gasteiger partial charge >= 0.3 is 0 Å². The van der Waals surface area contributed by atoms with Gasteiger partial charge in [-0.1, -0.05) is 327 Å². The third-order valence-electron chi connectivity index (χ3n) is 23.0. The molecule has 0 spiro atoms. The molecule has 7 aromatic heterocycles. The van der Waals surface area contributed by atoms with Crippen LogP contribution in [0, 0.1) is 34.6 Å². The van der Waals surface area contributed by atoms with Gasteiger partial charge in [-0.15, -0.1) is 0 Å². The van der Waals surface area contributed by atoms with Gasteiger partial charge in [0.2, 0.25) is 11.9 Å². The molecule has 0 unspecified atom stereocenters. The van der Waals surface area contributed by atoms with Crippen molar-refractivity contribution in [3.8, 4) is 74.5 Å². The minimum absolute atomic E-state index is 0.618. The molecule has 11 nitrogen and oxygen atoms in total.